The predicted molar refractivity (Wildman–Crippen MR) is 124 cm³/mol. The number of H-pyrrole nitrogens is 2. The number of carbonyl (C=O) groups excluding carboxylic acids is 1. The molecular formula is C24H22N4O4. The first-order chi connectivity index (χ1) is 15.2. The van der Waals surface area contributed by atoms with E-state index >= 15 is 0 Å². The molecule has 1 aliphatic heterocycles. The molecular weight excluding hydrogens is 408 g/mol. The van der Waals surface area contributed by atoms with Crippen LogP contribution in [-0.2, 0) is 4.74 Å². The number of ether oxygens (including phenoxy) is 1. The highest BCUT2D eigenvalue weighted by molar-refractivity contribution is 6.17. The van der Waals surface area contributed by atoms with Gasteiger partial charge in [0.2, 0.25) is 5.56 Å². The lowest BCUT2D eigenvalue weighted by atomic mass is 10.1. The quantitative estimate of drug-likeness (QED) is 0.649. The van der Waals surface area contributed by atoms with Gasteiger partial charge in [-0.1, -0.05) is 18.2 Å². The molecule has 2 aromatic heterocycles. The molecule has 3 aromatic rings. The summed E-state index contributed by atoms with van der Waals surface area (Å²) in [5.41, 5.74) is 1.94. The summed E-state index contributed by atoms with van der Waals surface area (Å²) in [5, 5.41) is 0.174. The number of allylic oxidation sites excluding steroid dienone is 2. The number of rotatable bonds is 2. The van der Waals surface area contributed by atoms with Crippen LogP contribution in [0.4, 0.5) is 10.5 Å². The fraction of sp³-hybridized carbons (Fsp3) is 0.167. The first-order valence-electron chi connectivity index (χ1n) is 10.0. The Morgan fingerprint density at radius 1 is 1.09 bits per heavy atom. The molecule has 0 radical (unpaired) electrons. The summed E-state index contributed by atoms with van der Waals surface area (Å²) in [6.07, 6.45) is 7.40. The smallest absolute Gasteiger partial charge is 0.423 e. The second-order valence-electron chi connectivity index (χ2n) is 8.24. The van der Waals surface area contributed by atoms with Crippen LogP contribution in [0.3, 0.4) is 0 Å². The number of fused-ring (bicyclic) bond motifs is 1. The van der Waals surface area contributed by atoms with Crippen molar-refractivity contribution in [2.75, 3.05) is 0 Å². The van der Waals surface area contributed by atoms with Crippen LogP contribution >= 0.6 is 0 Å². The highest BCUT2D eigenvalue weighted by atomic mass is 16.6. The lowest BCUT2D eigenvalue weighted by Gasteiger charge is -2.19. The van der Waals surface area contributed by atoms with Crippen molar-refractivity contribution >= 4 is 35.7 Å². The number of aromatic amines is 2. The SMILES string of the molecule is CC(C)(C)OC(=O)n1c(=CC=C2C=Nc3ccccc32)[nH]/c(=C\c2ccc(=O)[nH]c2)c1=O. The third-order valence-corrected chi connectivity index (χ3v) is 4.61. The van der Waals surface area contributed by atoms with E-state index in [0.717, 1.165) is 21.4 Å². The Labute approximate surface area is 182 Å². The van der Waals surface area contributed by atoms with Gasteiger partial charge in [0.05, 0.1) is 5.69 Å². The van der Waals surface area contributed by atoms with Gasteiger partial charge in [0.1, 0.15) is 16.4 Å². The number of aromatic nitrogens is 3. The van der Waals surface area contributed by atoms with E-state index in [1.165, 1.54) is 12.3 Å². The van der Waals surface area contributed by atoms with Crippen molar-refractivity contribution in [3.05, 3.63) is 91.3 Å². The third kappa shape index (κ3) is 4.44. The molecule has 8 nitrogen and oxygen atoms in total. The summed E-state index contributed by atoms with van der Waals surface area (Å²) in [7, 11) is 0. The number of hydrogen-bond donors (Lipinski definition) is 2. The van der Waals surface area contributed by atoms with Crippen LogP contribution in [-0.4, -0.2) is 32.4 Å². The molecule has 162 valence electrons. The topological polar surface area (TPSA) is 109 Å². The molecule has 2 N–H and O–H groups in total. The maximum Gasteiger partial charge on any atom is 0.423 e. The zero-order chi connectivity index (χ0) is 22.9. The van der Waals surface area contributed by atoms with Crippen LogP contribution < -0.4 is 21.9 Å². The van der Waals surface area contributed by atoms with Crippen molar-refractivity contribution in [1.82, 2.24) is 14.5 Å². The number of para-hydroxylation sites is 1. The first kappa shape index (κ1) is 21.0. The predicted octanol–water partition coefficient (Wildman–Crippen LogP) is 2.06. The number of aliphatic imine (C=N–C) groups is 1. The molecule has 3 heterocycles. The molecule has 0 spiro atoms. The molecule has 1 aromatic carbocycles. The molecule has 0 saturated carbocycles. The summed E-state index contributed by atoms with van der Waals surface area (Å²) in [6, 6.07) is 10.6. The van der Waals surface area contributed by atoms with Gasteiger partial charge in [-0.15, -0.1) is 0 Å². The molecule has 0 amide bonds. The second-order valence-corrected chi connectivity index (χ2v) is 8.24. The monoisotopic (exact) mass is 430 g/mol. The summed E-state index contributed by atoms with van der Waals surface area (Å²) >= 11 is 0. The molecule has 0 saturated heterocycles. The van der Waals surface area contributed by atoms with Gasteiger partial charge in [-0.2, -0.15) is 4.57 Å². The van der Waals surface area contributed by atoms with Crippen LogP contribution in [0, 0.1) is 0 Å². The van der Waals surface area contributed by atoms with Crippen molar-refractivity contribution in [3.63, 3.8) is 0 Å². The summed E-state index contributed by atoms with van der Waals surface area (Å²) in [4.78, 5) is 47.0. The van der Waals surface area contributed by atoms with E-state index in [1.807, 2.05) is 24.3 Å². The molecule has 4 rings (SSSR count). The molecule has 0 fully saturated rings. The van der Waals surface area contributed by atoms with Gasteiger partial charge < -0.3 is 14.7 Å². The zero-order valence-corrected chi connectivity index (χ0v) is 17.9. The van der Waals surface area contributed by atoms with Crippen molar-refractivity contribution in [3.8, 4) is 0 Å². The van der Waals surface area contributed by atoms with Crippen LogP contribution in [0.5, 0.6) is 0 Å². The fourth-order valence-corrected chi connectivity index (χ4v) is 3.20. The summed E-state index contributed by atoms with van der Waals surface area (Å²) in [5.74, 6) is 0. The van der Waals surface area contributed by atoms with Gasteiger partial charge in [-0.05, 0) is 56.7 Å². The Kier molecular flexibility index (Phi) is 5.36. The normalized spacial score (nSPS) is 15.4. The van der Waals surface area contributed by atoms with Gasteiger partial charge in [0, 0.05) is 29.6 Å². The van der Waals surface area contributed by atoms with Gasteiger partial charge in [0.25, 0.3) is 5.56 Å². The number of benzene rings is 1. The minimum Gasteiger partial charge on any atom is -0.443 e. The summed E-state index contributed by atoms with van der Waals surface area (Å²) in [6.45, 7) is 5.19. The van der Waals surface area contributed by atoms with Gasteiger partial charge in [-0.3, -0.25) is 14.6 Å². The zero-order valence-electron chi connectivity index (χ0n) is 17.9. The van der Waals surface area contributed by atoms with Gasteiger partial charge >= 0.3 is 6.09 Å². The van der Waals surface area contributed by atoms with E-state index in [9.17, 15) is 14.4 Å². The number of carbonyl (C=O) groups is 1. The van der Waals surface area contributed by atoms with E-state index in [2.05, 4.69) is 15.0 Å². The fourth-order valence-electron chi connectivity index (χ4n) is 3.20. The van der Waals surface area contributed by atoms with Crippen molar-refractivity contribution in [2.24, 2.45) is 4.99 Å². The second kappa shape index (κ2) is 8.14. The molecule has 0 aliphatic carbocycles. The first-order valence-corrected chi connectivity index (χ1v) is 10.0. The maximum absolute atomic E-state index is 13.0. The minimum atomic E-state index is -0.787. The lowest BCUT2D eigenvalue weighted by molar-refractivity contribution is 0.0526. The van der Waals surface area contributed by atoms with E-state index in [0.29, 0.717) is 5.56 Å². The number of imidazole rings is 1. The Bertz CT molecular complexity index is 1470. The van der Waals surface area contributed by atoms with Gasteiger partial charge in [-0.25, -0.2) is 4.79 Å². The average Bonchev–Trinajstić information content (AvgIpc) is 3.28. The van der Waals surface area contributed by atoms with E-state index in [4.69, 9.17) is 4.74 Å². The lowest BCUT2D eigenvalue weighted by Crippen LogP contribution is -2.40. The molecule has 8 heteroatoms. The molecule has 0 atom stereocenters. The maximum atomic E-state index is 13.0. The van der Waals surface area contributed by atoms with Crippen LogP contribution in [0.25, 0.3) is 17.7 Å². The standard InChI is InChI=1S/C24H22N4O4/c1-24(2,3)32-23(31)28-20(10-9-16-14-25-18-7-5-4-6-17(16)18)27-19(22(28)30)12-15-8-11-21(29)26-13-15/h4-14,27H,1-3H3,(H,26,29)/b16-9?,19-12-,20-10?. The molecule has 32 heavy (non-hydrogen) atoms. The van der Waals surface area contributed by atoms with E-state index in [1.54, 1.807) is 51.3 Å². The Morgan fingerprint density at radius 2 is 1.88 bits per heavy atom. The van der Waals surface area contributed by atoms with Crippen LogP contribution in [0.1, 0.15) is 31.9 Å². The Morgan fingerprint density at radius 3 is 2.59 bits per heavy atom. The Hall–Kier alpha value is -4.20. The van der Waals surface area contributed by atoms with E-state index in [-0.39, 0.29) is 16.4 Å². The highest BCUT2D eigenvalue weighted by Crippen LogP contribution is 2.30. The minimum absolute atomic E-state index is 0.174. The highest BCUT2D eigenvalue weighted by Gasteiger charge is 2.21. The van der Waals surface area contributed by atoms with Crippen LogP contribution in [0.15, 0.2) is 63.3 Å². The number of nitrogens with zero attached hydrogens (tertiary/aromatic N) is 2. The number of pyridine rings is 1. The van der Waals surface area contributed by atoms with Crippen LogP contribution in [0.2, 0.25) is 0 Å². The van der Waals surface area contributed by atoms with Crippen molar-refractivity contribution in [1.29, 1.82) is 0 Å². The Balaban J connectivity index is 1.86. The number of hydrogen-bond acceptors (Lipinski definition) is 5. The van der Waals surface area contributed by atoms with Crippen molar-refractivity contribution < 1.29 is 9.53 Å². The molecule has 1 aliphatic rings. The molecule has 0 bridgehead atoms. The number of nitrogens with one attached hydrogen (secondary N) is 2. The third-order valence-electron chi connectivity index (χ3n) is 4.61. The van der Waals surface area contributed by atoms with Crippen molar-refractivity contribution in [2.45, 2.75) is 26.4 Å². The van der Waals surface area contributed by atoms with E-state index < -0.39 is 17.3 Å². The summed E-state index contributed by atoms with van der Waals surface area (Å²) < 4.78 is 6.38. The van der Waals surface area contributed by atoms with Gasteiger partial charge in [0.15, 0.2) is 0 Å². The molecule has 0 unspecified atom stereocenters. The largest absolute Gasteiger partial charge is 0.443 e. The average molecular weight is 430 g/mol.